The average Bonchev–Trinajstić information content (AvgIpc) is 3.16. The zero-order valence-electron chi connectivity index (χ0n) is 16.6. The second-order valence-electron chi connectivity index (χ2n) is 6.35. The number of amides is 1. The minimum absolute atomic E-state index is 0.0824. The number of hydrogen-bond donors (Lipinski definition) is 1. The van der Waals surface area contributed by atoms with Crippen molar-refractivity contribution in [3.63, 3.8) is 0 Å². The average molecular weight is 445 g/mol. The third-order valence-corrected chi connectivity index (χ3v) is 5.28. The monoisotopic (exact) mass is 444 g/mol. The van der Waals surface area contributed by atoms with E-state index in [1.54, 1.807) is 19.1 Å². The van der Waals surface area contributed by atoms with Gasteiger partial charge in [0.1, 0.15) is 6.54 Å². The number of halogens is 1. The van der Waals surface area contributed by atoms with Gasteiger partial charge in [-0.2, -0.15) is 0 Å². The van der Waals surface area contributed by atoms with Crippen LogP contribution in [0.15, 0.2) is 53.7 Å². The number of thioether (sulfide) groups is 1. The van der Waals surface area contributed by atoms with Crippen LogP contribution >= 0.6 is 23.4 Å². The fourth-order valence-electron chi connectivity index (χ4n) is 2.64. The van der Waals surface area contributed by atoms with Gasteiger partial charge in [0, 0.05) is 16.3 Å². The molecule has 0 atom stereocenters. The Hall–Kier alpha value is -2.84. The SMILES string of the molecule is CCOC(=O)CNC(=O)CSc1nnc(-c2ccc(C)cc2)n1-c1ccc(Cl)cc1. The quantitative estimate of drug-likeness (QED) is 0.421. The summed E-state index contributed by atoms with van der Waals surface area (Å²) in [5.74, 6) is -0.0249. The molecule has 1 heterocycles. The van der Waals surface area contributed by atoms with E-state index in [2.05, 4.69) is 15.5 Å². The predicted molar refractivity (Wildman–Crippen MR) is 117 cm³/mol. The molecule has 1 N–H and O–H groups in total. The van der Waals surface area contributed by atoms with Gasteiger partial charge in [-0.25, -0.2) is 0 Å². The Morgan fingerprint density at radius 2 is 1.80 bits per heavy atom. The molecule has 7 nitrogen and oxygen atoms in total. The summed E-state index contributed by atoms with van der Waals surface area (Å²) in [5, 5.41) is 12.3. The molecule has 0 radical (unpaired) electrons. The van der Waals surface area contributed by atoms with Crippen molar-refractivity contribution in [3.05, 3.63) is 59.1 Å². The minimum Gasteiger partial charge on any atom is -0.465 e. The Balaban J connectivity index is 1.82. The van der Waals surface area contributed by atoms with Crippen LogP contribution < -0.4 is 5.32 Å². The number of carbonyl (C=O) groups is 2. The van der Waals surface area contributed by atoms with E-state index in [0.717, 1.165) is 16.8 Å². The lowest BCUT2D eigenvalue weighted by Gasteiger charge is -2.11. The molecule has 0 saturated heterocycles. The lowest BCUT2D eigenvalue weighted by Crippen LogP contribution is -2.31. The van der Waals surface area contributed by atoms with Gasteiger partial charge in [-0.3, -0.25) is 14.2 Å². The maximum Gasteiger partial charge on any atom is 0.325 e. The van der Waals surface area contributed by atoms with Crippen molar-refractivity contribution in [2.75, 3.05) is 18.9 Å². The van der Waals surface area contributed by atoms with Crippen molar-refractivity contribution in [3.8, 4) is 17.1 Å². The number of esters is 1. The van der Waals surface area contributed by atoms with Gasteiger partial charge in [0.2, 0.25) is 5.91 Å². The summed E-state index contributed by atoms with van der Waals surface area (Å²) in [6.07, 6.45) is 0. The largest absolute Gasteiger partial charge is 0.465 e. The van der Waals surface area contributed by atoms with E-state index in [9.17, 15) is 9.59 Å². The number of nitrogens with zero attached hydrogens (tertiary/aromatic N) is 3. The molecule has 0 aliphatic rings. The Bertz CT molecular complexity index is 1020. The van der Waals surface area contributed by atoms with Crippen LogP contribution in [0, 0.1) is 6.92 Å². The van der Waals surface area contributed by atoms with Gasteiger partial charge in [-0.15, -0.1) is 10.2 Å². The van der Waals surface area contributed by atoms with Crippen molar-refractivity contribution in [2.45, 2.75) is 19.0 Å². The van der Waals surface area contributed by atoms with E-state index in [0.29, 0.717) is 16.0 Å². The van der Waals surface area contributed by atoms with Crippen LogP contribution in [0.3, 0.4) is 0 Å². The molecule has 0 aliphatic carbocycles. The van der Waals surface area contributed by atoms with Gasteiger partial charge in [0.05, 0.1) is 12.4 Å². The molecule has 30 heavy (non-hydrogen) atoms. The number of rotatable bonds is 8. The Morgan fingerprint density at radius 1 is 1.10 bits per heavy atom. The molecule has 0 bridgehead atoms. The topological polar surface area (TPSA) is 86.1 Å². The molecule has 1 amide bonds. The molecule has 0 aliphatic heterocycles. The molecule has 0 unspecified atom stereocenters. The summed E-state index contributed by atoms with van der Waals surface area (Å²) in [7, 11) is 0. The summed E-state index contributed by atoms with van der Waals surface area (Å²) in [4.78, 5) is 23.5. The van der Waals surface area contributed by atoms with E-state index < -0.39 is 5.97 Å². The first-order valence-electron chi connectivity index (χ1n) is 9.31. The molecular formula is C21H21ClN4O3S. The number of nitrogens with one attached hydrogen (secondary N) is 1. The van der Waals surface area contributed by atoms with Gasteiger partial charge in [0.25, 0.3) is 0 Å². The first-order chi connectivity index (χ1) is 14.5. The van der Waals surface area contributed by atoms with Crippen molar-refractivity contribution in [1.82, 2.24) is 20.1 Å². The minimum atomic E-state index is -0.471. The summed E-state index contributed by atoms with van der Waals surface area (Å²) >= 11 is 7.27. The van der Waals surface area contributed by atoms with E-state index in [1.807, 2.05) is 47.9 Å². The van der Waals surface area contributed by atoms with Crippen LogP contribution in [0.5, 0.6) is 0 Å². The van der Waals surface area contributed by atoms with Gasteiger partial charge in [0.15, 0.2) is 11.0 Å². The smallest absolute Gasteiger partial charge is 0.325 e. The summed E-state index contributed by atoms with van der Waals surface area (Å²) in [5.41, 5.74) is 2.88. The summed E-state index contributed by atoms with van der Waals surface area (Å²) in [6, 6.07) is 15.3. The first kappa shape index (κ1) is 21.9. The fourth-order valence-corrected chi connectivity index (χ4v) is 3.55. The Morgan fingerprint density at radius 3 is 2.47 bits per heavy atom. The number of hydrogen-bond acceptors (Lipinski definition) is 6. The zero-order chi connectivity index (χ0) is 21.5. The molecule has 0 fully saturated rings. The van der Waals surface area contributed by atoms with Crippen LogP contribution in [0.4, 0.5) is 0 Å². The number of ether oxygens (including phenoxy) is 1. The number of aromatic nitrogens is 3. The molecule has 1 aromatic heterocycles. The lowest BCUT2D eigenvalue weighted by molar-refractivity contribution is -0.143. The van der Waals surface area contributed by atoms with Crippen LogP contribution in [0.2, 0.25) is 5.02 Å². The normalized spacial score (nSPS) is 10.6. The van der Waals surface area contributed by atoms with Crippen molar-refractivity contribution >= 4 is 35.2 Å². The van der Waals surface area contributed by atoms with Gasteiger partial charge in [-0.05, 0) is 38.1 Å². The van der Waals surface area contributed by atoms with E-state index in [-0.39, 0.29) is 24.8 Å². The molecule has 0 spiro atoms. The highest BCUT2D eigenvalue weighted by Gasteiger charge is 2.17. The Kier molecular flexibility index (Phi) is 7.48. The van der Waals surface area contributed by atoms with Crippen LogP contribution in [0.25, 0.3) is 17.1 Å². The maximum absolute atomic E-state index is 12.1. The van der Waals surface area contributed by atoms with Gasteiger partial charge < -0.3 is 10.1 Å². The molecule has 156 valence electrons. The Labute approximate surface area is 183 Å². The van der Waals surface area contributed by atoms with E-state index in [4.69, 9.17) is 16.3 Å². The fraction of sp³-hybridized carbons (Fsp3) is 0.238. The second kappa shape index (κ2) is 10.3. The lowest BCUT2D eigenvalue weighted by atomic mass is 10.1. The highest BCUT2D eigenvalue weighted by molar-refractivity contribution is 7.99. The van der Waals surface area contributed by atoms with Crippen LogP contribution in [-0.2, 0) is 14.3 Å². The second-order valence-corrected chi connectivity index (χ2v) is 7.73. The van der Waals surface area contributed by atoms with E-state index in [1.165, 1.54) is 11.8 Å². The van der Waals surface area contributed by atoms with E-state index >= 15 is 0 Å². The molecule has 9 heteroatoms. The summed E-state index contributed by atoms with van der Waals surface area (Å²) in [6.45, 7) is 3.84. The summed E-state index contributed by atoms with van der Waals surface area (Å²) < 4.78 is 6.68. The van der Waals surface area contributed by atoms with Crippen molar-refractivity contribution in [2.24, 2.45) is 0 Å². The number of carbonyl (C=O) groups excluding carboxylic acids is 2. The molecule has 2 aromatic carbocycles. The maximum atomic E-state index is 12.1. The molecule has 0 saturated carbocycles. The molecule has 3 rings (SSSR count). The highest BCUT2D eigenvalue weighted by atomic mass is 35.5. The van der Waals surface area contributed by atoms with Gasteiger partial charge in [-0.1, -0.05) is 53.2 Å². The zero-order valence-corrected chi connectivity index (χ0v) is 18.2. The highest BCUT2D eigenvalue weighted by Crippen LogP contribution is 2.28. The van der Waals surface area contributed by atoms with Crippen molar-refractivity contribution in [1.29, 1.82) is 0 Å². The third-order valence-electron chi connectivity index (χ3n) is 4.10. The van der Waals surface area contributed by atoms with Crippen LogP contribution in [-0.4, -0.2) is 45.5 Å². The van der Waals surface area contributed by atoms with Crippen LogP contribution in [0.1, 0.15) is 12.5 Å². The van der Waals surface area contributed by atoms with Gasteiger partial charge >= 0.3 is 5.97 Å². The number of aryl methyl sites for hydroxylation is 1. The number of benzene rings is 2. The standard InChI is InChI=1S/C21H21ClN4O3S/c1-3-29-19(28)12-23-18(27)13-30-21-25-24-20(15-6-4-14(2)5-7-15)26(21)17-10-8-16(22)9-11-17/h4-11H,3,12-13H2,1-2H3,(H,23,27). The molecule has 3 aromatic rings. The molecular weight excluding hydrogens is 424 g/mol. The van der Waals surface area contributed by atoms with Crippen molar-refractivity contribution < 1.29 is 14.3 Å². The predicted octanol–water partition coefficient (Wildman–Crippen LogP) is 3.67. The third kappa shape index (κ3) is 5.61. The first-order valence-corrected chi connectivity index (χ1v) is 10.7.